The Balaban J connectivity index is 2.29. The molecule has 2 rings (SSSR count). The summed E-state index contributed by atoms with van der Waals surface area (Å²) in [6, 6.07) is 3.64. The molecule has 0 fully saturated rings. The van der Waals surface area contributed by atoms with Crippen molar-refractivity contribution in [3.05, 3.63) is 29.3 Å². The van der Waals surface area contributed by atoms with Gasteiger partial charge in [0.15, 0.2) is 6.61 Å². The number of carbonyl (C=O) groups excluding carboxylic acids is 1. The van der Waals surface area contributed by atoms with E-state index in [1.165, 1.54) is 19.2 Å². The van der Waals surface area contributed by atoms with Crippen LogP contribution in [0.4, 0.5) is 18.9 Å². The molecular weight excluding hydrogens is 303 g/mol. The second-order valence-electron chi connectivity index (χ2n) is 4.42. The fraction of sp³-hybridized carbons (Fsp3) is 0.385. The van der Waals surface area contributed by atoms with Crippen molar-refractivity contribution in [3.8, 4) is 0 Å². The van der Waals surface area contributed by atoms with E-state index in [4.69, 9.17) is 9.47 Å². The molecule has 0 saturated carbocycles. The SMILES string of the molecule is COCCNc1ccc(C2=NNC(=O)CO2)cc1C(F)(F)F. The van der Waals surface area contributed by atoms with Crippen LogP contribution in [0.2, 0.25) is 0 Å². The number of nitrogens with one attached hydrogen (secondary N) is 2. The van der Waals surface area contributed by atoms with Crippen LogP contribution in [0.25, 0.3) is 0 Å². The monoisotopic (exact) mass is 317 g/mol. The van der Waals surface area contributed by atoms with Crippen LogP contribution in [-0.4, -0.2) is 38.7 Å². The summed E-state index contributed by atoms with van der Waals surface area (Å²) in [5.41, 5.74) is 1.38. The minimum atomic E-state index is -4.54. The average molecular weight is 317 g/mol. The standard InChI is InChI=1S/C13H14F3N3O3/c1-21-5-4-17-10-3-2-8(6-9(10)13(14,15)16)12-19-18-11(20)7-22-12/h2-3,6,17H,4-5,7H2,1H3,(H,18,20). The van der Waals surface area contributed by atoms with Gasteiger partial charge in [-0.3, -0.25) is 4.79 Å². The lowest BCUT2D eigenvalue weighted by atomic mass is 10.1. The minimum Gasteiger partial charge on any atom is -0.466 e. The zero-order valence-electron chi connectivity index (χ0n) is 11.7. The van der Waals surface area contributed by atoms with Crippen LogP contribution in [0.5, 0.6) is 0 Å². The molecule has 22 heavy (non-hydrogen) atoms. The zero-order valence-corrected chi connectivity index (χ0v) is 11.7. The van der Waals surface area contributed by atoms with Crippen molar-refractivity contribution in [3.63, 3.8) is 0 Å². The van der Waals surface area contributed by atoms with Crippen LogP contribution in [0, 0.1) is 0 Å². The summed E-state index contributed by atoms with van der Waals surface area (Å²) in [4.78, 5) is 10.9. The van der Waals surface area contributed by atoms with Gasteiger partial charge < -0.3 is 14.8 Å². The highest BCUT2D eigenvalue weighted by atomic mass is 19.4. The van der Waals surface area contributed by atoms with Gasteiger partial charge in [0.2, 0.25) is 5.90 Å². The molecule has 0 atom stereocenters. The van der Waals surface area contributed by atoms with Crippen molar-refractivity contribution in [1.29, 1.82) is 0 Å². The Hall–Kier alpha value is -2.29. The van der Waals surface area contributed by atoms with Gasteiger partial charge in [-0.2, -0.15) is 13.2 Å². The largest absolute Gasteiger partial charge is 0.466 e. The third-order valence-electron chi connectivity index (χ3n) is 2.82. The van der Waals surface area contributed by atoms with E-state index in [1.807, 2.05) is 0 Å². The smallest absolute Gasteiger partial charge is 0.418 e. The van der Waals surface area contributed by atoms with Gasteiger partial charge in [0.05, 0.1) is 12.2 Å². The Morgan fingerprint density at radius 2 is 2.23 bits per heavy atom. The molecule has 1 aromatic carbocycles. The second-order valence-corrected chi connectivity index (χ2v) is 4.42. The highest BCUT2D eigenvalue weighted by Crippen LogP contribution is 2.35. The molecule has 0 aliphatic carbocycles. The van der Waals surface area contributed by atoms with E-state index < -0.39 is 17.6 Å². The Kier molecular flexibility index (Phi) is 4.86. The van der Waals surface area contributed by atoms with E-state index in [2.05, 4.69) is 15.8 Å². The first-order valence-electron chi connectivity index (χ1n) is 6.35. The Bertz CT molecular complexity index is 588. The summed E-state index contributed by atoms with van der Waals surface area (Å²) in [6.45, 7) is 0.237. The van der Waals surface area contributed by atoms with Gasteiger partial charge in [0, 0.05) is 24.9 Å². The number of ether oxygens (including phenoxy) is 2. The highest BCUT2D eigenvalue weighted by molar-refractivity contribution is 5.98. The number of rotatable bonds is 5. The molecule has 0 unspecified atom stereocenters. The van der Waals surface area contributed by atoms with E-state index >= 15 is 0 Å². The first kappa shape index (κ1) is 16.1. The topological polar surface area (TPSA) is 72.0 Å². The fourth-order valence-electron chi connectivity index (χ4n) is 1.81. The van der Waals surface area contributed by atoms with E-state index in [0.717, 1.165) is 6.07 Å². The molecule has 6 nitrogen and oxygen atoms in total. The van der Waals surface area contributed by atoms with Gasteiger partial charge in [0.25, 0.3) is 5.91 Å². The third kappa shape index (κ3) is 3.88. The molecule has 9 heteroatoms. The van der Waals surface area contributed by atoms with E-state index in [1.54, 1.807) is 0 Å². The molecule has 1 aromatic rings. The van der Waals surface area contributed by atoms with Gasteiger partial charge in [0.1, 0.15) is 0 Å². The summed E-state index contributed by atoms with van der Waals surface area (Å²) >= 11 is 0. The number of hydrogen-bond donors (Lipinski definition) is 2. The molecule has 120 valence electrons. The summed E-state index contributed by atoms with van der Waals surface area (Å²) < 4.78 is 49.2. The molecule has 0 bridgehead atoms. The van der Waals surface area contributed by atoms with Crippen molar-refractivity contribution in [2.75, 3.05) is 32.2 Å². The summed E-state index contributed by atoms with van der Waals surface area (Å²) in [7, 11) is 1.46. The Morgan fingerprint density at radius 1 is 1.45 bits per heavy atom. The number of hydrazone groups is 1. The quantitative estimate of drug-likeness (QED) is 0.809. The maximum absolute atomic E-state index is 13.1. The van der Waals surface area contributed by atoms with Crippen LogP contribution in [0.15, 0.2) is 23.3 Å². The van der Waals surface area contributed by atoms with Crippen LogP contribution < -0.4 is 10.7 Å². The molecule has 1 aliphatic rings. The average Bonchev–Trinajstić information content (AvgIpc) is 2.47. The molecular formula is C13H14F3N3O3. The number of carbonyl (C=O) groups is 1. The number of benzene rings is 1. The van der Waals surface area contributed by atoms with Gasteiger partial charge in [-0.05, 0) is 18.2 Å². The lowest BCUT2D eigenvalue weighted by Crippen LogP contribution is -2.32. The van der Waals surface area contributed by atoms with Crippen LogP contribution in [0.1, 0.15) is 11.1 Å². The normalized spacial score (nSPS) is 14.9. The van der Waals surface area contributed by atoms with Crippen LogP contribution in [0.3, 0.4) is 0 Å². The zero-order chi connectivity index (χ0) is 16.2. The van der Waals surface area contributed by atoms with Crippen LogP contribution in [-0.2, 0) is 20.4 Å². The van der Waals surface area contributed by atoms with Crippen molar-refractivity contribution in [2.45, 2.75) is 6.18 Å². The number of halogens is 3. The number of alkyl halides is 3. The molecule has 0 aromatic heterocycles. The third-order valence-corrected chi connectivity index (χ3v) is 2.82. The van der Waals surface area contributed by atoms with Crippen molar-refractivity contribution >= 4 is 17.5 Å². The maximum atomic E-state index is 13.1. The number of anilines is 1. The number of nitrogens with zero attached hydrogens (tertiary/aromatic N) is 1. The van der Waals surface area contributed by atoms with Crippen LogP contribution >= 0.6 is 0 Å². The first-order valence-corrected chi connectivity index (χ1v) is 6.35. The van der Waals surface area contributed by atoms with Gasteiger partial charge in [-0.25, -0.2) is 5.43 Å². The fourth-order valence-corrected chi connectivity index (χ4v) is 1.81. The molecule has 0 radical (unpaired) electrons. The van der Waals surface area contributed by atoms with E-state index in [-0.39, 0.29) is 36.9 Å². The second kappa shape index (κ2) is 6.65. The number of hydrogen-bond acceptors (Lipinski definition) is 5. The number of methoxy groups -OCH3 is 1. The summed E-state index contributed by atoms with van der Waals surface area (Å²) in [5.74, 6) is -0.522. The lowest BCUT2D eigenvalue weighted by Gasteiger charge is -2.18. The molecule has 0 saturated heterocycles. The molecule has 2 N–H and O–H groups in total. The molecule has 1 heterocycles. The summed E-state index contributed by atoms with van der Waals surface area (Å²) in [6.07, 6.45) is -4.54. The Labute approximate surface area is 124 Å². The lowest BCUT2D eigenvalue weighted by molar-refractivity contribution is -0.137. The Morgan fingerprint density at radius 3 is 2.82 bits per heavy atom. The van der Waals surface area contributed by atoms with Crippen molar-refractivity contribution in [1.82, 2.24) is 5.43 Å². The van der Waals surface area contributed by atoms with Crippen molar-refractivity contribution in [2.24, 2.45) is 5.10 Å². The van der Waals surface area contributed by atoms with Gasteiger partial charge >= 0.3 is 6.18 Å². The van der Waals surface area contributed by atoms with Gasteiger partial charge in [-0.1, -0.05) is 0 Å². The van der Waals surface area contributed by atoms with Gasteiger partial charge in [-0.15, -0.1) is 5.10 Å². The molecule has 0 spiro atoms. The predicted octanol–water partition coefficient (Wildman–Crippen LogP) is 1.57. The highest BCUT2D eigenvalue weighted by Gasteiger charge is 2.34. The predicted molar refractivity (Wildman–Crippen MR) is 72.4 cm³/mol. The van der Waals surface area contributed by atoms with E-state index in [9.17, 15) is 18.0 Å². The summed E-state index contributed by atoms with van der Waals surface area (Å²) in [5, 5.41) is 6.26. The molecule has 1 aliphatic heterocycles. The van der Waals surface area contributed by atoms with E-state index in [0.29, 0.717) is 0 Å². The molecule has 1 amide bonds. The van der Waals surface area contributed by atoms with Crippen molar-refractivity contribution < 1.29 is 27.4 Å². The number of amides is 1. The maximum Gasteiger partial charge on any atom is 0.418 e. The first-order chi connectivity index (χ1) is 10.4. The minimum absolute atomic E-state index is 0.0613.